The van der Waals surface area contributed by atoms with Gasteiger partial charge in [0.15, 0.2) is 5.69 Å². The molecule has 0 aliphatic carbocycles. The smallest absolute Gasteiger partial charge is 0.365 e. The highest BCUT2D eigenvalue weighted by Crippen LogP contribution is 2.29. The Labute approximate surface area is 124 Å². The third kappa shape index (κ3) is 3.15. The first kappa shape index (κ1) is 16.5. The van der Waals surface area contributed by atoms with Crippen molar-refractivity contribution in [3.63, 3.8) is 0 Å². The molecule has 0 spiro atoms. The monoisotopic (exact) mass is 333 g/mol. The number of hydrogen-bond acceptors (Lipinski definition) is 6. The number of benzene rings is 1. The quantitative estimate of drug-likeness (QED) is 0.171. The molecule has 0 atom stereocenters. The minimum Gasteiger partial charge on any atom is -0.432 e. The Morgan fingerprint density at radius 1 is 1.13 bits per heavy atom. The Balaban J connectivity index is 2.27. The van der Waals surface area contributed by atoms with Crippen LogP contribution in [-0.2, 0) is 4.79 Å². The minimum atomic E-state index is -2.39. The van der Waals surface area contributed by atoms with Crippen molar-refractivity contribution in [1.29, 1.82) is 0 Å². The number of nitrogens with one attached hydrogen (secondary N) is 1. The van der Waals surface area contributed by atoms with E-state index < -0.39 is 46.5 Å². The molecule has 1 N–H and O–H groups in total. The molecular weight excluding hydrogens is 330 g/mol. The summed E-state index contributed by atoms with van der Waals surface area (Å²) in [7, 11) is 0.852. The summed E-state index contributed by atoms with van der Waals surface area (Å²) in [5.74, 6) is -14.9. The standard InChI is InChI=1S/C11H3BF5N2O4/c13-4-5(14)7(16)9(8(17)6(4)15)23-10(21)3-1-22-11(18-3)19-12-2-20/h1-2H,(H,18,19). The van der Waals surface area contributed by atoms with E-state index in [9.17, 15) is 31.5 Å². The summed E-state index contributed by atoms with van der Waals surface area (Å²) in [4.78, 5) is 25.1. The molecule has 23 heavy (non-hydrogen) atoms. The van der Waals surface area contributed by atoms with Crippen LogP contribution < -0.4 is 9.96 Å². The lowest BCUT2D eigenvalue weighted by atomic mass is 10.0. The first-order valence-corrected chi connectivity index (χ1v) is 5.59. The van der Waals surface area contributed by atoms with Crippen molar-refractivity contribution in [2.24, 2.45) is 0 Å². The predicted molar refractivity (Wildman–Crippen MR) is 63.8 cm³/mol. The van der Waals surface area contributed by atoms with E-state index in [1.165, 1.54) is 0 Å². The van der Waals surface area contributed by atoms with Gasteiger partial charge in [-0.05, 0) is 0 Å². The maximum absolute atomic E-state index is 13.4. The fourth-order valence-electron chi connectivity index (χ4n) is 1.36. The van der Waals surface area contributed by atoms with Gasteiger partial charge in [-0.3, -0.25) is 0 Å². The number of ether oxygens (including phenoxy) is 1. The zero-order valence-corrected chi connectivity index (χ0v) is 10.7. The SMILES string of the molecule is O=C[B]Nc1nc(C(=O)Oc2c(F)c(F)c(F)c(F)c2F)co1. The van der Waals surface area contributed by atoms with Crippen LogP contribution in [-0.4, -0.2) is 24.6 Å². The minimum absolute atomic E-state index is 0.330. The Morgan fingerprint density at radius 3 is 2.26 bits per heavy atom. The van der Waals surface area contributed by atoms with Crippen LogP contribution in [0.3, 0.4) is 0 Å². The number of carbonyl (C=O) groups excluding carboxylic acids is 2. The van der Waals surface area contributed by atoms with E-state index in [-0.39, 0.29) is 6.01 Å². The molecule has 119 valence electrons. The van der Waals surface area contributed by atoms with Gasteiger partial charge in [-0.15, -0.1) is 0 Å². The first-order valence-electron chi connectivity index (χ1n) is 5.59. The molecule has 2 rings (SSSR count). The third-order valence-corrected chi connectivity index (χ3v) is 2.35. The zero-order valence-electron chi connectivity index (χ0n) is 10.7. The van der Waals surface area contributed by atoms with Crippen molar-refractivity contribution >= 4 is 25.6 Å². The van der Waals surface area contributed by atoms with Crippen molar-refractivity contribution in [3.05, 3.63) is 41.0 Å². The summed E-state index contributed by atoms with van der Waals surface area (Å²) in [5, 5.41) is 2.19. The van der Waals surface area contributed by atoms with E-state index in [0.717, 1.165) is 7.41 Å². The van der Waals surface area contributed by atoms with Crippen molar-refractivity contribution < 1.29 is 40.7 Å². The van der Waals surface area contributed by atoms with Crippen LogP contribution in [0.2, 0.25) is 0 Å². The van der Waals surface area contributed by atoms with Crippen LogP contribution in [0.1, 0.15) is 10.5 Å². The maximum Gasteiger partial charge on any atom is 0.365 e. The van der Waals surface area contributed by atoms with Crippen LogP contribution in [0.25, 0.3) is 0 Å². The van der Waals surface area contributed by atoms with E-state index in [1.807, 2.05) is 0 Å². The molecular formula is C11H3BF5N2O4. The molecule has 0 unspecified atom stereocenters. The average molecular weight is 333 g/mol. The average Bonchev–Trinajstić information content (AvgIpc) is 3.02. The Hall–Kier alpha value is -2.92. The van der Waals surface area contributed by atoms with Gasteiger partial charge >= 0.3 is 13.4 Å². The fraction of sp³-hybridized carbons (Fsp3) is 0. The number of esters is 1. The number of hydrogen-bond donors (Lipinski definition) is 1. The molecule has 0 saturated heterocycles. The number of oxazole rings is 1. The lowest BCUT2D eigenvalue weighted by molar-refractivity contribution is 0.0710. The summed E-state index contributed by atoms with van der Waals surface area (Å²) >= 11 is 0. The summed E-state index contributed by atoms with van der Waals surface area (Å²) < 4.78 is 74.3. The topological polar surface area (TPSA) is 81.4 Å². The number of carbonyl (C=O) groups is 2. The molecule has 0 saturated carbocycles. The highest BCUT2D eigenvalue weighted by atomic mass is 19.2. The van der Waals surface area contributed by atoms with Gasteiger partial charge in [-0.1, -0.05) is 0 Å². The number of nitrogens with zero attached hydrogens (tertiary/aromatic N) is 1. The highest BCUT2D eigenvalue weighted by Gasteiger charge is 2.29. The van der Waals surface area contributed by atoms with E-state index in [1.54, 1.807) is 0 Å². The lowest BCUT2D eigenvalue weighted by Crippen LogP contribution is -2.14. The normalized spacial score (nSPS) is 10.3. The molecule has 6 nitrogen and oxygen atoms in total. The molecule has 0 amide bonds. The number of halogens is 5. The first-order chi connectivity index (χ1) is 10.9. The second-order valence-electron chi connectivity index (χ2n) is 3.77. The maximum atomic E-state index is 13.4. The summed E-state index contributed by atoms with van der Waals surface area (Å²) in [6, 6.07) is -0.346. The van der Waals surface area contributed by atoms with E-state index in [0.29, 0.717) is 12.4 Å². The van der Waals surface area contributed by atoms with Gasteiger partial charge < -0.3 is 19.2 Å². The number of aromatic nitrogens is 1. The summed E-state index contributed by atoms with van der Waals surface area (Å²) in [5.41, 5.74) is -0.643. The van der Waals surface area contributed by atoms with Crippen LogP contribution >= 0.6 is 0 Å². The van der Waals surface area contributed by atoms with Gasteiger partial charge in [0.05, 0.1) is 0 Å². The van der Waals surface area contributed by atoms with Crippen molar-refractivity contribution in [1.82, 2.24) is 4.98 Å². The van der Waals surface area contributed by atoms with Crippen LogP contribution in [0.15, 0.2) is 10.7 Å². The Bertz CT molecular complexity index is 753. The van der Waals surface area contributed by atoms with E-state index in [2.05, 4.69) is 19.4 Å². The molecule has 2 aromatic rings. The zero-order chi connectivity index (χ0) is 17.1. The van der Waals surface area contributed by atoms with E-state index in [4.69, 9.17) is 0 Å². The molecule has 1 aromatic heterocycles. The Kier molecular flexibility index (Phi) is 4.62. The predicted octanol–water partition coefficient (Wildman–Crippen LogP) is 1.81. The molecule has 12 heteroatoms. The second kappa shape index (κ2) is 6.46. The molecule has 1 aromatic carbocycles. The van der Waals surface area contributed by atoms with Crippen molar-refractivity contribution in [2.45, 2.75) is 0 Å². The molecule has 0 fully saturated rings. The lowest BCUT2D eigenvalue weighted by Gasteiger charge is -2.07. The van der Waals surface area contributed by atoms with Gasteiger partial charge in [0.2, 0.25) is 34.8 Å². The van der Waals surface area contributed by atoms with Crippen LogP contribution in [0.4, 0.5) is 28.0 Å². The van der Waals surface area contributed by atoms with Crippen LogP contribution in [0.5, 0.6) is 5.75 Å². The summed E-state index contributed by atoms with van der Waals surface area (Å²) in [6.45, 7) is 0. The van der Waals surface area contributed by atoms with Gasteiger partial charge in [-0.25, -0.2) is 18.0 Å². The largest absolute Gasteiger partial charge is 0.432 e. The van der Waals surface area contributed by atoms with Gasteiger partial charge in [0.1, 0.15) is 12.4 Å². The van der Waals surface area contributed by atoms with Crippen LogP contribution in [0, 0.1) is 29.1 Å². The molecule has 1 heterocycles. The second-order valence-corrected chi connectivity index (χ2v) is 3.77. The Morgan fingerprint density at radius 2 is 1.70 bits per heavy atom. The fourth-order valence-corrected chi connectivity index (χ4v) is 1.36. The number of rotatable bonds is 5. The highest BCUT2D eigenvalue weighted by molar-refractivity contribution is 6.69. The van der Waals surface area contributed by atoms with Gasteiger partial charge in [-0.2, -0.15) is 13.8 Å². The third-order valence-electron chi connectivity index (χ3n) is 2.35. The number of anilines is 1. The summed E-state index contributed by atoms with van der Waals surface area (Å²) in [6.07, 6.45) is 1.01. The van der Waals surface area contributed by atoms with Crippen molar-refractivity contribution in [2.75, 3.05) is 5.23 Å². The molecule has 0 aliphatic rings. The van der Waals surface area contributed by atoms with Crippen molar-refractivity contribution in [3.8, 4) is 5.75 Å². The molecule has 1 radical (unpaired) electrons. The van der Waals surface area contributed by atoms with Gasteiger partial charge in [0.25, 0.3) is 6.01 Å². The molecule has 0 aliphatic heterocycles. The van der Waals surface area contributed by atoms with Gasteiger partial charge in [0, 0.05) is 0 Å². The molecule has 0 bridgehead atoms. The van der Waals surface area contributed by atoms with E-state index >= 15 is 0 Å².